The Morgan fingerprint density at radius 2 is 1.48 bits per heavy atom. The molecule has 0 radical (unpaired) electrons. The molecule has 1 heteroatoms. The quantitative estimate of drug-likeness (QED) is 0.394. The van der Waals surface area contributed by atoms with Gasteiger partial charge in [-0.15, -0.1) is 6.58 Å². The van der Waals surface area contributed by atoms with Crippen LogP contribution in [0.4, 0.5) is 0 Å². The number of ether oxygens (including phenoxy) is 1. The van der Waals surface area contributed by atoms with Crippen molar-refractivity contribution < 1.29 is 4.74 Å². The van der Waals surface area contributed by atoms with E-state index in [0.29, 0.717) is 0 Å². The Hall–Kier alpha value is -0.300. The van der Waals surface area contributed by atoms with Gasteiger partial charge < -0.3 is 4.74 Å². The van der Waals surface area contributed by atoms with Crippen LogP contribution in [-0.2, 0) is 4.74 Å². The van der Waals surface area contributed by atoms with Gasteiger partial charge in [-0.3, -0.25) is 0 Å². The molecule has 0 aromatic rings. The maximum absolute atomic E-state index is 5.76. The lowest BCUT2D eigenvalue weighted by Crippen LogP contribution is -2.27. The zero-order chi connectivity index (χ0) is 14.9. The van der Waals surface area contributed by atoms with E-state index in [1.807, 2.05) is 6.08 Å². The first-order valence-electron chi connectivity index (χ1n) is 9.52. The highest BCUT2D eigenvalue weighted by Gasteiger charge is 2.30. The van der Waals surface area contributed by atoms with E-state index in [9.17, 15) is 0 Å². The molecule has 0 bridgehead atoms. The fourth-order valence-corrected chi connectivity index (χ4v) is 4.60. The SMILES string of the molecule is C=CCCOCC1CCC(C2CCC(CCC)CC2)CC1. The molecule has 0 aromatic heterocycles. The molecule has 2 aliphatic carbocycles. The first kappa shape index (κ1) is 17.1. The Kier molecular flexibility index (Phi) is 7.85. The van der Waals surface area contributed by atoms with E-state index in [-0.39, 0.29) is 0 Å². The Balaban J connectivity index is 1.59. The molecule has 0 saturated heterocycles. The van der Waals surface area contributed by atoms with E-state index in [1.165, 1.54) is 64.2 Å². The number of hydrogen-bond acceptors (Lipinski definition) is 1. The van der Waals surface area contributed by atoms with Gasteiger partial charge in [0, 0.05) is 6.61 Å². The van der Waals surface area contributed by atoms with Gasteiger partial charge in [-0.05, 0) is 68.6 Å². The van der Waals surface area contributed by atoms with E-state index < -0.39 is 0 Å². The fraction of sp³-hybridized carbons (Fsp3) is 0.900. The molecule has 0 heterocycles. The average molecular weight is 293 g/mol. The summed E-state index contributed by atoms with van der Waals surface area (Å²) in [6, 6.07) is 0. The van der Waals surface area contributed by atoms with Crippen molar-refractivity contribution >= 4 is 0 Å². The maximum Gasteiger partial charge on any atom is 0.0500 e. The fourth-order valence-electron chi connectivity index (χ4n) is 4.60. The lowest BCUT2D eigenvalue weighted by molar-refractivity contribution is 0.0668. The Labute approximate surface area is 132 Å². The highest BCUT2D eigenvalue weighted by molar-refractivity contribution is 4.82. The average Bonchev–Trinajstić information content (AvgIpc) is 2.53. The van der Waals surface area contributed by atoms with Crippen LogP contribution in [0.25, 0.3) is 0 Å². The van der Waals surface area contributed by atoms with Crippen LogP contribution in [0.3, 0.4) is 0 Å². The summed E-state index contributed by atoms with van der Waals surface area (Å²) in [5.74, 6) is 3.99. The summed E-state index contributed by atoms with van der Waals surface area (Å²) in [6.45, 7) is 7.94. The Bertz CT molecular complexity index is 270. The maximum atomic E-state index is 5.76. The summed E-state index contributed by atoms with van der Waals surface area (Å²) in [6.07, 6.45) is 17.6. The van der Waals surface area contributed by atoms with Gasteiger partial charge in [0.25, 0.3) is 0 Å². The van der Waals surface area contributed by atoms with E-state index in [1.54, 1.807) is 0 Å². The summed E-state index contributed by atoms with van der Waals surface area (Å²) >= 11 is 0. The van der Waals surface area contributed by atoms with Crippen LogP contribution in [0, 0.1) is 23.7 Å². The van der Waals surface area contributed by atoms with Crippen molar-refractivity contribution in [2.24, 2.45) is 23.7 Å². The predicted octanol–water partition coefficient (Wildman–Crippen LogP) is 5.99. The molecule has 0 spiro atoms. The van der Waals surface area contributed by atoms with Crippen LogP contribution in [-0.4, -0.2) is 13.2 Å². The summed E-state index contributed by atoms with van der Waals surface area (Å²) in [5.41, 5.74) is 0. The highest BCUT2D eigenvalue weighted by Crippen LogP contribution is 2.42. The van der Waals surface area contributed by atoms with E-state index in [0.717, 1.165) is 43.3 Å². The van der Waals surface area contributed by atoms with E-state index in [2.05, 4.69) is 13.5 Å². The third-order valence-corrected chi connectivity index (χ3v) is 5.97. The van der Waals surface area contributed by atoms with Crippen molar-refractivity contribution in [3.63, 3.8) is 0 Å². The van der Waals surface area contributed by atoms with Gasteiger partial charge in [0.2, 0.25) is 0 Å². The monoisotopic (exact) mass is 292 g/mol. The van der Waals surface area contributed by atoms with Gasteiger partial charge in [-0.25, -0.2) is 0 Å². The second kappa shape index (κ2) is 9.66. The van der Waals surface area contributed by atoms with Crippen LogP contribution in [0.15, 0.2) is 12.7 Å². The first-order valence-corrected chi connectivity index (χ1v) is 9.52. The van der Waals surface area contributed by atoms with Gasteiger partial charge in [0.15, 0.2) is 0 Å². The first-order chi connectivity index (χ1) is 10.3. The largest absolute Gasteiger partial charge is 0.381 e. The molecule has 2 saturated carbocycles. The highest BCUT2D eigenvalue weighted by atomic mass is 16.5. The second-order valence-electron chi connectivity index (χ2n) is 7.50. The van der Waals surface area contributed by atoms with Gasteiger partial charge in [0.1, 0.15) is 0 Å². The lowest BCUT2D eigenvalue weighted by atomic mass is 9.69. The molecule has 2 fully saturated rings. The molecular formula is C20H36O. The van der Waals surface area contributed by atoms with Crippen LogP contribution in [0.2, 0.25) is 0 Å². The molecule has 122 valence electrons. The minimum absolute atomic E-state index is 0.836. The molecule has 0 atom stereocenters. The third kappa shape index (κ3) is 5.77. The molecule has 1 nitrogen and oxygen atoms in total. The summed E-state index contributed by atoms with van der Waals surface area (Å²) in [4.78, 5) is 0. The normalized spacial score (nSPS) is 33.8. The Morgan fingerprint density at radius 1 is 0.905 bits per heavy atom. The number of rotatable bonds is 8. The Morgan fingerprint density at radius 3 is 2.00 bits per heavy atom. The van der Waals surface area contributed by atoms with Gasteiger partial charge >= 0.3 is 0 Å². The zero-order valence-corrected chi connectivity index (χ0v) is 14.2. The summed E-state index contributed by atoms with van der Waals surface area (Å²) < 4.78 is 5.76. The van der Waals surface area contributed by atoms with Crippen LogP contribution in [0.1, 0.15) is 77.6 Å². The van der Waals surface area contributed by atoms with Crippen molar-refractivity contribution in [1.29, 1.82) is 0 Å². The molecule has 0 amide bonds. The van der Waals surface area contributed by atoms with Gasteiger partial charge in [0.05, 0.1) is 6.61 Å². The van der Waals surface area contributed by atoms with Crippen LogP contribution in [0.5, 0.6) is 0 Å². The third-order valence-electron chi connectivity index (χ3n) is 5.97. The van der Waals surface area contributed by atoms with Gasteiger partial charge in [-0.1, -0.05) is 38.7 Å². The smallest absolute Gasteiger partial charge is 0.0500 e. The van der Waals surface area contributed by atoms with E-state index >= 15 is 0 Å². The molecule has 0 N–H and O–H groups in total. The standard InChI is InChI=1S/C20H36O/c1-3-5-15-21-16-18-9-13-20(14-10-18)19-11-7-17(6-4-2)8-12-19/h3,17-20H,1,4-16H2,2H3. The second-order valence-corrected chi connectivity index (χ2v) is 7.50. The van der Waals surface area contributed by atoms with Crippen molar-refractivity contribution in [2.75, 3.05) is 13.2 Å². The molecular weight excluding hydrogens is 256 g/mol. The zero-order valence-electron chi connectivity index (χ0n) is 14.2. The van der Waals surface area contributed by atoms with Crippen molar-refractivity contribution in [1.82, 2.24) is 0 Å². The van der Waals surface area contributed by atoms with Crippen LogP contribution >= 0.6 is 0 Å². The van der Waals surface area contributed by atoms with Crippen molar-refractivity contribution in [3.8, 4) is 0 Å². The summed E-state index contributed by atoms with van der Waals surface area (Å²) in [7, 11) is 0. The minimum Gasteiger partial charge on any atom is -0.381 e. The van der Waals surface area contributed by atoms with Crippen LogP contribution < -0.4 is 0 Å². The molecule has 2 aliphatic rings. The van der Waals surface area contributed by atoms with Crippen molar-refractivity contribution in [3.05, 3.63) is 12.7 Å². The topological polar surface area (TPSA) is 9.23 Å². The minimum atomic E-state index is 0.836. The molecule has 0 aromatic carbocycles. The molecule has 0 unspecified atom stereocenters. The molecule has 0 aliphatic heterocycles. The predicted molar refractivity (Wildman–Crippen MR) is 91.4 cm³/mol. The molecule has 2 rings (SSSR count). The lowest BCUT2D eigenvalue weighted by Gasteiger charge is -2.37. The van der Waals surface area contributed by atoms with Gasteiger partial charge in [-0.2, -0.15) is 0 Å². The molecule has 21 heavy (non-hydrogen) atoms. The van der Waals surface area contributed by atoms with Crippen molar-refractivity contribution in [2.45, 2.75) is 77.6 Å². The number of hydrogen-bond donors (Lipinski definition) is 0. The summed E-state index contributed by atoms with van der Waals surface area (Å²) in [5, 5.41) is 0. The van der Waals surface area contributed by atoms with E-state index in [4.69, 9.17) is 4.74 Å².